The zero-order chi connectivity index (χ0) is 13.3. The number of hydrogen-bond donors (Lipinski definition) is 1. The molecule has 0 amide bonds. The molecule has 19 heavy (non-hydrogen) atoms. The Hall–Kier alpha value is -1.64. The normalized spacial score (nSPS) is 26.9. The summed E-state index contributed by atoms with van der Waals surface area (Å²) < 4.78 is 0. The summed E-state index contributed by atoms with van der Waals surface area (Å²) in [6.07, 6.45) is 0. The van der Waals surface area contributed by atoms with E-state index in [2.05, 4.69) is 41.3 Å². The number of β-amino-alcohol motifs (C(OH)–C–C–N with tert-alkyl or cyclic N) is 1. The summed E-state index contributed by atoms with van der Waals surface area (Å²) in [6.45, 7) is 3.53. The standard InChI is InChI=1S/C17H19NO/c1-17(19)13-18(12-14-8-4-2-5-9-14)16(17)15-10-6-3-7-11-15/h2-11,16,19H,12-13H2,1H3/t16-,17+/m0/s1. The Labute approximate surface area is 114 Å². The largest absolute Gasteiger partial charge is 0.387 e. The molecule has 1 aliphatic rings. The van der Waals surface area contributed by atoms with Gasteiger partial charge < -0.3 is 5.11 Å². The van der Waals surface area contributed by atoms with Crippen LogP contribution in [0, 0.1) is 0 Å². The van der Waals surface area contributed by atoms with E-state index in [0.717, 1.165) is 13.1 Å². The Morgan fingerprint density at radius 3 is 2.21 bits per heavy atom. The molecule has 2 atom stereocenters. The summed E-state index contributed by atoms with van der Waals surface area (Å²) in [5.41, 5.74) is 1.85. The van der Waals surface area contributed by atoms with Gasteiger partial charge in [-0.25, -0.2) is 0 Å². The highest BCUT2D eigenvalue weighted by atomic mass is 16.3. The number of likely N-dealkylation sites (tertiary alicyclic amines) is 1. The van der Waals surface area contributed by atoms with Crippen molar-refractivity contribution in [3.05, 3.63) is 71.8 Å². The zero-order valence-corrected chi connectivity index (χ0v) is 11.2. The molecule has 0 saturated carbocycles. The molecule has 1 aliphatic heterocycles. The Morgan fingerprint density at radius 1 is 1.05 bits per heavy atom. The van der Waals surface area contributed by atoms with Crippen molar-refractivity contribution in [2.45, 2.75) is 25.1 Å². The van der Waals surface area contributed by atoms with Gasteiger partial charge in [-0.2, -0.15) is 0 Å². The Morgan fingerprint density at radius 2 is 1.63 bits per heavy atom. The molecule has 98 valence electrons. The van der Waals surface area contributed by atoms with Crippen molar-refractivity contribution in [2.75, 3.05) is 6.54 Å². The second-order valence-electron chi connectivity index (χ2n) is 5.56. The van der Waals surface area contributed by atoms with Crippen molar-refractivity contribution < 1.29 is 5.11 Å². The van der Waals surface area contributed by atoms with Crippen molar-refractivity contribution in [1.29, 1.82) is 0 Å². The Kier molecular flexibility index (Phi) is 3.13. The Bertz CT molecular complexity index is 536. The third-order valence-electron chi connectivity index (χ3n) is 3.82. The molecule has 0 unspecified atom stereocenters. The fraction of sp³-hybridized carbons (Fsp3) is 0.294. The molecule has 1 N–H and O–H groups in total. The fourth-order valence-electron chi connectivity index (χ4n) is 3.04. The van der Waals surface area contributed by atoms with Gasteiger partial charge in [-0.1, -0.05) is 60.7 Å². The maximum atomic E-state index is 10.4. The van der Waals surface area contributed by atoms with E-state index >= 15 is 0 Å². The fourth-order valence-corrected chi connectivity index (χ4v) is 3.04. The SMILES string of the molecule is C[C@@]1(O)CN(Cc2ccccc2)[C@H]1c1ccccc1. The van der Waals surface area contributed by atoms with Crippen LogP contribution in [0.5, 0.6) is 0 Å². The van der Waals surface area contributed by atoms with Gasteiger partial charge in [-0.05, 0) is 18.1 Å². The number of nitrogens with zero attached hydrogens (tertiary/aromatic N) is 1. The van der Waals surface area contributed by atoms with Crippen LogP contribution in [0.2, 0.25) is 0 Å². The quantitative estimate of drug-likeness (QED) is 0.909. The lowest BCUT2D eigenvalue weighted by molar-refractivity contribution is -0.147. The maximum absolute atomic E-state index is 10.4. The molecule has 1 fully saturated rings. The van der Waals surface area contributed by atoms with Crippen LogP contribution in [0.3, 0.4) is 0 Å². The van der Waals surface area contributed by atoms with Crippen molar-refractivity contribution in [3.63, 3.8) is 0 Å². The minimum absolute atomic E-state index is 0.0916. The van der Waals surface area contributed by atoms with E-state index in [1.54, 1.807) is 0 Å². The summed E-state index contributed by atoms with van der Waals surface area (Å²) in [5, 5.41) is 10.4. The third kappa shape index (κ3) is 2.42. The molecule has 2 heteroatoms. The van der Waals surface area contributed by atoms with Crippen LogP contribution >= 0.6 is 0 Å². The highest BCUT2D eigenvalue weighted by molar-refractivity contribution is 5.27. The summed E-state index contributed by atoms with van der Waals surface area (Å²) in [4.78, 5) is 2.32. The summed E-state index contributed by atoms with van der Waals surface area (Å²) in [5.74, 6) is 0. The van der Waals surface area contributed by atoms with Crippen LogP contribution in [-0.4, -0.2) is 22.2 Å². The van der Waals surface area contributed by atoms with E-state index in [-0.39, 0.29) is 6.04 Å². The average molecular weight is 253 g/mol. The smallest absolute Gasteiger partial charge is 0.0942 e. The monoisotopic (exact) mass is 253 g/mol. The van der Waals surface area contributed by atoms with Gasteiger partial charge in [0.05, 0.1) is 11.6 Å². The number of rotatable bonds is 3. The maximum Gasteiger partial charge on any atom is 0.0942 e. The van der Waals surface area contributed by atoms with Crippen LogP contribution in [-0.2, 0) is 6.54 Å². The lowest BCUT2D eigenvalue weighted by Gasteiger charge is -2.53. The summed E-state index contributed by atoms with van der Waals surface area (Å²) in [7, 11) is 0. The molecule has 2 nitrogen and oxygen atoms in total. The van der Waals surface area contributed by atoms with Gasteiger partial charge in [0.2, 0.25) is 0 Å². The first-order chi connectivity index (χ1) is 9.17. The molecule has 3 rings (SSSR count). The van der Waals surface area contributed by atoms with E-state index < -0.39 is 5.60 Å². The van der Waals surface area contributed by atoms with E-state index in [9.17, 15) is 5.11 Å². The van der Waals surface area contributed by atoms with E-state index in [0.29, 0.717) is 0 Å². The van der Waals surface area contributed by atoms with Crippen LogP contribution in [0.25, 0.3) is 0 Å². The summed E-state index contributed by atoms with van der Waals surface area (Å²) >= 11 is 0. The molecular formula is C17H19NO. The first kappa shape index (κ1) is 12.4. The molecule has 0 radical (unpaired) electrons. The summed E-state index contributed by atoms with van der Waals surface area (Å²) in [6, 6.07) is 20.8. The predicted molar refractivity (Wildman–Crippen MR) is 76.7 cm³/mol. The van der Waals surface area contributed by atoms with Gasteiger partial charge in [-0.15, -0.1) is 0 Å². The van der Waals surface area contributed by atoms with Crippen LogP contribution in [0.1, 0.15) is 24.1 Å². The number of hydrogen-bond acceptors (Lipinski definition) is 2. The second kappa shape index (κ2) is 4.80. The highest BCUT2D eigenvalue weighted by Crippen LogP contribution is 2.42. The molecule has 0 bridgehead atoms. The minimum Gasteiger partial charge on any atom is -0.387 e. The molecule has 2 aromatic rings. The van der Waals surface area contributed by atoms with Crippen LogP contribution in [0.4, 0.5) is 0 Å². The topological polar surface area (TPSA) is 23.5 Å². The van der Waals surface area contributed by atoms with Crippen molar-refractivity contribution >= 4 is 0 Å². The van der Waals surface area contributed by atoms with E-state index in [4.69, 9.17) is 0 Å². The van der Waals surface area contributed by atoms with Crippen LogP contribution in [0.15, 0.2) is 60.7 Å². The molecule has 2 aromatic carbocycles. The lowest BCUT2D eigenvalue weighted by Crippen LogP contribution is -2.61. The molecule has 1 heterocycles. The van der Waals surface area contributed by atoms with E-state index in [1.807, 2.05) is 31.2 Å². The average Bonchev–Trinajstić information content (AvgIpc) is 2.40. The second-order valence-corrected chi connectivity index (χ2v) is 5.56. The minimum atomic E-state index is -0.629. The zero-order valence-electron chi connectivity index (χ0n) is 11.2. The van der Waals surface area contributed by atoms with Crippen molar-refractivity contribution in [2.24, 2.45) is 0 Å². The van der Waals surface area contributed by atoms with Crippen molar-refractivity contribution in [3.8, 4) is 0 Å². The molecular weight excluding hydrogens is 234 g/mol. The predicted octanol–water partition coefficient (Wildman–Crippen LogP) is 2.99. The Balaban J connectivity index is 1.80. The van der Waals surface area contributed by atoms with Crippen LogP contribution < -0.4 is 0 Å². The number of benzene rings is 2. The molecule has 0 aliphatic carbocycles. The van der Waals surface area contributed by atoms with Gasteiger partial charge in [-0.3, -0.25) is 4.90 Å². The molecule has 0 aromatic heterocycles. The first-order valence-corrected chi connectivity index (χ1v) is 6.72. The van der Waals surface area contributed by atoms with Gasteiger partial charge in [0.15, 0.2) is 0 Å². The van der Waals surface area contributed by atoms with Gasteiger partial charge in [0, 0.05) is 13.1 Å². The van der Waals surface area contributed by atoms with Crippen molar-refractivity contribution in [1.82, 2.24) is 4.90 Å². The highest BCUT2D eigenvalue weighted by Gasteiger charge is 2.48. The van der Waals surface area contributed by atoms with E-state index in [1.165, 1.54) is 11.1 Å². The molecule has 0 spiro atoms. The van der Waals surface area contributed by atoms with Gasteiger partial charge in [0.25, 0.3) is 0 Å². The lowest BCUT2D eigenvalue weighted by atomic mass is 9.80. The third-order valence-corrected chi connectivity index (χ3v) is 3.82. The van der Waals surface area contributed by atoms with Gasteiger partial charge >= 0.3 is 0 Å². The molecule has 1 saturated heterocycles. The number of aliphatic hydroxyl groups is 1. The van der Waals surface area contributed by atoms with Gasteiger partial charge in [0.1, 0.15) is 0 Å². The first-order valence-electron chi connectivity index (χ1n) is 6.72.